The number of fused-ring (bicyclic) bond motifs is 10. The first-order valence-electron chi connectivity index (χ1n) is 18.1. The van der Waals surface area contributed by atoms with Crippen molar-refractivity contribution in [3.8, 4) is 0 Å². The predicted octanol–water partition coefficient (Wildman–Crippen LogP) is 13.7. The molecule has 0 amide bonds. The topological polar surface area (TPSA) is 32.8 Å². The van der Waals surface area contributed by atoms with Gasteiger partial charge >= 0.3 is 0 Å². The molecule has 7 aromatic carbocycles. The Kier molecular flexibility index (Phi) is 5.76. The van der Waals surface area contributed by atoms with Crippen molar-refractivity contribution in [3.05, 3.63) is 168 Å². The van der Waals surface area contributed by atoms with Crippen LogP contribution in [0.1, 0.15) is 49.9 Å². The van der Waals surface area contributed by atoms with Gasteiger partial charge in [-0.05, 0) is 82.9 Å². The largest absolute Gasteiger partial charge is 0.456 e. The fourth-order valence-electron chi connectivity index (χ4n) is 9.14. The summed E-state index contributed by atoms with van der Waals surface area (Å²) in [7, 11) is 0. The smallest absolute Gasteiger partial charge is 0.137 e. The molecule has 0 spiro atoms. The fourth-order valence-corrected chi connectivity index (χ4v) is 9.14. The van der Waals surface area contributed by atoms with Gasteiger partial charge in [0, 0.05) is 55.9 Å². The molecule has 0 atom stereocenters. The van der Waals surface area contributed by atoms with E-state index in [-0.39, 0.29) is 10.8 Å². The molecule has 4 nitrogen and oxygen atoms in total. The molecule has 52 heavy (non-hydrogen) atoms. The van der Waals surface area contributed by atoms with Gasteiger partial charge in [0.25, 0.3) is 0 Å². The molecule has 0 fully saturated rings. The third kappa shape index (κ3) is 3.87. The first-order valence-corrected chi connectivity index (χ1v) is 18.1. The molecule has 4 heterocycles. The number of benzene rings is 7. The molecule has 2 aliphatic rings. The molecule has 2 aromatic heterocycles. The number of nitrogens with zero attached hydrogens (tertiary/aromatic N) is 2. The zero-order chi connectivity index (χ0) is 34.9. The number of anilines is 6. The zero-order valence-electron chi connectivity index (χ0n) is 29.6. The number of rotatable bonds is 2. The Balaban J connectivity index is 1.14. The van der Waals surface area contributed by atoms with E-state index in [9.17, 15) is 0 Å². The molecule has 0 aliphatic carbocycles. The highest BCUT2D eigenvalue weighted by atomic mass is 16.3. The lowest BCUT2D eigenvalue weighted by Gasteiger charge is -2.42. The van der Waals surface area contributed by atoms with Crippen molar-refractivity contribution in [1.82, 2.24) is 0 Å². The Morgan fingerprint density at radius 3 is 1.12 bits per heavy atom. The molecule has 0 saturated heterocycles. The van der Waals surface area contributed by atoms with Gasteiger partial charge in [0.05, 0.1) is 22.7 Å². The number of furan rings is 2. The standard InChI is InChI=1S/C48H36N2O2/c1-47(2)35-19-11-13-21-39(35)49(29-15-7-5-8-16-29)41-27-45-31(23-37(41)47)33-25-44-34(26-43(33)51-45)32-24-38-42(28-46(32)52-44)50(30-17-9-6-10-18-30)40-22-14-12-20-36(40)48(38,3)4/h5-28H,1-4H3. The molecule has 11 rings (SSSR count). The maximum atomic E-state index is 6.78. The molecule has 2 aliphatic heterocycles. The van der Waals surface area contributed by atoms with E-state index in [0.717, 1.165) is 66.6 Å². The summed E-state index contributed by atoms with van der Waals surface area (Å²) in [6.45, 7) is 9.33. The highest BCUT2D eigenvalue weighted by Gasteiger charge is 2.39. The van der Waals surface area contributed by atoms with E-state index in [1.807, 2.05) is 0 Å². The zero-order valence-corrected chi connectivity index (χ0v) is 29.6. The average Bonchev–Trinajstić information content (AvgIpc) is 3.70. The van der Waals surface area contributed by atoms with Crippen LogP contribution in [0.3, 0.4) is 0 Å². The fraction of sp³-hybridized carbons (Fsp3) is 0.125. The molecular formula is C48H36N2O2. The van der Waals surface area contributed by atoms with Crippen LogP contribution in [0.4, 0.5) is 34.1 Å². The molecule has 0 saturated carbocycles. The van der Waals surface area contributed by atoms with Crippen molar-refractivity contribution in [2.75, 3.05) is 9.80 Å². The maximum Gasteiger partial charge on any atom is 0.137 e. The summed E-state index contributed by atoms with van der Waals surface area (Å²) >= 11 is 0. The van der Waals surface area contributed by atoms with Gasteiger partial charge in [0.1, 0.15) is 22.3 Å². The summed E-state index contributed by atoms with van der Waals surface area (Å²) in [6, 6.07) is 52.4. The van der Waals surface area contributed by atoms with Crippen molar-refractivity contribution in [3.63, 3.8) is 0 Å². The van der Waals surface area contributed by atoms with Crippen molar-refractivity contribution in [2.45, 2.75) is 38.5 Å². The van der Waals surface area contributed by atoms with Crippen LogP contribution < -0.4 is 9.80 Å². The van der Waals surface area contributed by atoms with Crippen LogP contribution in [0.5, 0.6) is 0 Å². The van der Waals surface area contributed by atoms with E-state index >= 15 is 0 Å². The average molecular weight is 673 g/mol. The molecule has 9 aromatic rings. The van der Waals surface area contributed by atoms with Gasteiger partial charge in [0.2, 0.25) is 0 Å². The van der Waals surface area contributed by atoms with Gasteiger partial charge in [0.15, 0.2) is 0 Å². The minimum atomic E-state index is -0.216. The minimum absolute atomic E-state index is 0.216. The number of hydrogen-bond acceptors (Lipinski definition) is 4. The minimum Gasteiger partial charge on any atom is -0.456 e. The normalized spacial score (nSPS) is 15.5. The third-order valence-electron chi connectivity index (χ3n) is 11.8. The van der Waals surface area contributed by atoms with Gasteiger partial charge < -0.3 is 18.6 Å². The molecule has 0 N–H and O–H groups in total. The second-order valence-electron chi connectivity index (χ2n) is 15.4. The number of hydrogen-bond donors (Lipinski definition) is 0. The van der Waals surface area contributed by atoms with Crippen LogP contribution in [0.15, 0.2) is 154 Å². The highest BCUT2D eigenvalue weighted by Crippen LogP contribution is 2.55. The van der Waals surface area contributed by atoms with Gasteiger partial charge in [-0.2, -0.15) is 0 Å². The van der Waals surface area contributed by atoms with Crippen molar-refractivity contribution in [1.29, 1.82) is 0 Å². The molecular weight excluding hydrogens is 637 g/mol. The van der Waals surface area contributed by atoms with Crippen molar-refractivity contribution < 1.29 is 8.83 Å². The lowest BCUT2D eigenvalue weighted by Crippen LogP contribution is -2.30. The second kappa shape index (κ2) is 10.2. The summed E-state index contributed by atoms with van der Waals surface area (Å²) in [5.41, 5.74) is 15.1. The Hall–Kier alpha value is -6.26. The predicted molar refractivity (Wildman–Crippen MR) is 215 cm³/mol. The molecule has 4 heteroatoms. The molecule has 0 unspecified atom stereocenters. The summed E-state index contributed by atoms with van der Waals surface area (Å²) in [4.78, 5) is 4.76. The summed E-state index contributed by atoms with van der Waals surface area (Å²) in [5.74, 6) is 0. The second-order valence-corrected chi connectivity index (χ2v) is 15.4. The first-order chi connectivity index (χ1) is 25.3. The van der Waals surface area contributed by atoms with Gasteiger partial charge in [-0.15, -0.1) is 0 Å². The Morgan fingerprint density at radius 2 is 0.692 bits per heavy atom. The van der Waals surface area contributed by atoms with Crippen LogP contribution in [-0.2, 0) is 10.8 Å². The highest BCUT2D eigenvalue weighted by molar-refractivity contribution is 6.16. The Morgan fingerprint density at radius 1 is 0.346 bits per heavy atom. The van der Waals surface area contributed by atoms with E-state index in [4.69, 9.17) is 8.83 Å². The van der Waals surface area contributed by atoms with Crippen molar-refractivity contribution in [2.24, 2.45) is 0 Å². The molecule has 0 bridgehead atoms. The SMILES string of the molecule is CC1(C)c2ccccc2N(c2ccccc2)c2cc3oc4cc5c(cc4c3cc21)oc1cc2c(cc15)C(C)(C)c1ccccc1N2c1ccccc1. The van der Waals surface area contributed by atoms with E-state index in [1.165, 1.54) is 33.6 Å². The summed E-state index contributed by atoms with van der Waals surface area (Å²) in [6.07, 6.45) is 0. The van der Waals surface area contributed by atoms with E-state index in [2.05, 4.69) is 183 Å². The van der Waals surface area contributed by atoms with Crippen molar-refractivity contribution >= 4 is 78.0 Å². The molecule has 0 radical (unpaired) electrons. The van der Waals surface area contributed by atoms with Gasteiger partial charge in [-0.25, -0.2) is 0 Å². The Bertz CT molecular complexity index is 2710. The quantitative estimate of drug-likeness (QED) is 0.183. The molecule has 250 valence electrons. The van der Waals surface area contributed by atoms with Crippen LogP contribution >= 0.6 is 0 Å². The summed E-state index contributed by atoms with van der Waals surface area (Å²) in [5, 5.41) is 4.33. The van der Waals surface area contributed by atoms with Gasteiger partial charge in [-0.1, -0.05) is 100 Å². The lowest BCUT2D eigenvalue weighted by molar-refractivity contribution is 0.630. The van der Waals surface area contributed by atoms with E-state index < -0.39 is 0 Å². The van der Waals surface area contributed by atoms with Crippen LogP contribution in [-0.4, -0.2) is 0 Å². The maximum absolute atomic E-state index is 6.78. The number of para-hydroxylation sites is 4. The third-order valence-corrected chi connectivity index (χ3v) is 11.8. The van der Waals surface area contributed by atoms with E-state index in [0.29, 0.717) is 0 Å². The Labute approximate surface area is 302 Å². The van der Waals surface area contributed by atoms with Gasteiger partial charge in [-0.3, -0.25) is 0 Å². The summed E-state index contributed by atoms with van der Waals surface area (Å²) < 4.78 is 13.6. The van der Waals surface area contributed by atoms with E-state index in [1.54, 1.807) is 0 Å². The first kappa shape index (κ1) is 29.5. The van der Waals surface area contributed by atoms with Crippen LogP contribution in [0, 0.1) is 0 Å². The van der Waals surface area contributed by atoms with Crippen LogP contribution in [0.2, 0.25) is 0 Å². The monoisotopic (exact) mass is 672 g/mol. The lowest BCUT2D eigenvalue weighted by atomic mass is 9.73. The van der Waals surface area contributed by atoms with Crippen LogP contribution in [0.25, 0.3) is 43.9 Å².